The van der Waals surface area contributed by atoms with Crippen molar-refractivity contribution in [3.63, 3.8) is 0 Å². The highest BCUT2D eigenvalue weighted by Crippen LogP contribution is 2.42. The number of hydrogen-bond donors (Lipinski definition) is 0. The summed E-state index contributed by atoms with van der Waals surface area (Å²) < 4.78 is 182. The van der Waals surface area contributed by atoms with E-state index in [-0.39, 0.29) is 36.3 Å². The highest BCUT2D eigenvalue weighted by molar-refractivity contribution is 5.36. The van der Waals surface area contributed by atoms with Crippen LogP contribution in [-0.2, 0) is 27.8 Å². The molecule has 16 heteroatoms. The number of rotatable bonds is 10. The number of hydrogen-bond acceptors (Lipinski definition) is 4. The van der Waals surface area contributed by atoms with Crippen LogP contribution in [0.25, 0.3) is 0 Å². The molecule has 1 heterocycles. The lowest BCUT2D eigenvalue weighted by molar-refractivity contribution is -0.432. The SMILES string of the molecule is CC=CC1CCC(c2ccc(C(F)(F)Oc3ccc(C(F)(F)Oc4cc(F)c(C(F)(F)OC(F)(F)F)c(F)c4)c(F)c3)cc2)OC1. The van der Waals surface area contributed by atoms with Crippen LogP contribution in [0.1, 0.15) is 48.1 Å². The van der Waals surface area contributed by atoms with Gasteiger partial charge in [0.25, 0.3) is 0 Å². The average molecular weight is 674 g/mol. The van der Waals surface area contributed by atoms with Gasteiger partial charge in [-0.2, -0.15) is 26.3 Å². The third-order valence-electron chi connectivity index (χ3n) is 6.69. The lowest BCUT2D eigenvalue weighted by Crippen LogP contribution is -2.30. The van der Waals surface area contributed by atoms with E-state index >= 15 is 0 Å². The lowest BCUT2D eigenvalue weighted by Gasteiger charge is -2.28. The first-order valence-corrected chi connectivity index (χ1v) is 13.2. The molecule has 4 nitrogen and oxygen atoms in total. The molecule has 1 aliphatic rings. The summed E-state index contributed by atoms with van der Waals surface area (Å²) in [5.41, 5.74) is -4.25. The molecule has 1 aliphatic heterocycles. The molecule has 0 amide bonds. The number of ether oxygens (including phenoxy) is 4. The maximum absolute atomic E-state index is 14.8. The van der Waals surface area contributed by atoms with Crippen LogP contribution < -0.4 is 9.47 Å². The highest BCUT2D eigenvalue weighted by atomic mass is 19.4. The van der Waals surface area contributed by atoms with E-state index in [4.69, 9.17) is 4.74 Å². The number of alkyl halides is 9. The molecule has 0 N–H and O–H groups in total. The molecule has 0 saturated carbocycles. The Kier molecular flexibility index (Phi) is 9.92. The Hall–Kier alpha value is -3.92. The zero-order valence-corrected chi connectivity index (χ0v) is 23.3. The van der Waals surface area contributed by atoms with Crippen LogP contribution >= 0.6 is 0 Å². The molecular weight excluding hydrogens is 652 g/mol. The maximum atomic E-state index is 14.8. The predicted molar refractivity (Wildman–Crippen MR) is 136 cm³/mol. The van der Waals surface area contributed by atoms with Gasteiger partial charge in [0.2, 0.25) is 0 Å². The summed E-state index contributed by atoms with van der Waals surface area (Å²) in [5.74, 6) is -9.03. The summed E-state index contributed by atoms with van der Waals surface area (Å²) in [6.45, 7) is 2.35. The molecular formula is C30H22F12O4. The first-order valence-electron chi connectivity index (χ1n) is 13.2. The predicted octanol–water partition coefficient (Wildman–Crippen LogP) is 9.99. The monoisotopic (exact) mass is 674 g/mol. The summed E-state index contributed by atoms with van der Waals surface area (Å²) in [6.07, 6.45) is -15.4. The Balaban J connectivity index is 1.46. The minimum absolute atomic E-state index is 0.144. The van der Waals surface area contributed by atoms with E-state index in [9.17, 15) is 52.7 Å². The van der Waals surface area contributed by atoms with Crippen molar-refractivity contribution in [3.8, 4) is 11.5 Å². The van der Waals surface area contributed by atoms with Gasteiger partial charge >= 0.3 is 24.7 Å². The number of allylic oxidation sites excluding steroid dienone is 1. The second-order valence-electron chi connectivity index (χ2n) is 10.0. The van der Waals surface area contributed by atoms with Gasteiger partial charge in [0.05, 0.1) is 18.3 Å². The van der Waals surface area contributed by atoms with Crippen LogP contribution in [0, 0.1) is 23.4 Å². The van der Waals surface area contributed by atoms with Crippen molar-refractivity contribution in [1.29, 1.82) is 0 Å². The maximum Gasteiger partial charge on any atom is 0.527 e. The van der Waals surface area contributed by atoms with Crippen molar-refractivity contribution in [1.82, 2.24) is 0 Å². The van der Waals surface area contributed by atoms with Crippen LogP contribution in [0.15, 0.2) is 66.7 Å². The lowest BCUT2D eigenvalue weighted by atomic mass is 9.94. The van der Waals surface area contributed by atoms with Crippen molar-refractivity contribution in [2.45, 2.75) is 50.6 Å². The third-order valence-corrected chi connectivity index (χ3v) is 6.69. The van der Waals surface area contributed by atoms with E-state index in [1.807, 2.05) is 19.1 Å². The molecule has 0 radical (unpaired) electrons. The molecule has 46 heavy (non-hydrogen) atoms. The summed E-state index contributed by atoms with van der Waals surface area (Å²) in [7, 11) is 0. The highest BCUT2D eigenvalue weighted by Gasteiger charge is 2.50. The van der Waals surface area contributed by atoms with E-state index in [1.165, 1.54) is 12.1 Å². The zero-order valence-electron chi connectivity index (χ0n) is 23.3. The zero-order chi connectivity index (χ0) is 34.1. The standard InChI is InChI=1S/C30H22F12O4/c1-2-3-16-4-11-25(43-15-16)17-5-7-18(8-6-17)27(34,35)44-19-9-10-21(22(31)12-19)28(36,37)45-20-13-23(32)26(24(33)14-20)29(38,39)46-30(40,41)42/h2-3,5-10,12-14,16,25H,4,11,15H2,1H3. The molecule has 1 fully saturated rings. The van der Waals surface area contributed by atoms with Crippen LogP contribution in [0.3, 0.4) is 0 Å². The summed E-state index contributed by atoms with van der Waals surface area (Å²) in [5, 5.41) is 0. The van der Waals surface area contributed by atoms with Gasteiger partial charge in [-0.15, -0.1) is 13.2 Å². The Bertz CT molecular complexity index is 1520. The van der Waals surface area contributed by atoms with E-state index in [1.54, 1.807) is 0 Å². The van der Waals surface area contributed by atoms with E-state index in [0.29, 0.717) is 24.7 Å². The van der Waals surface area contributed by atoms with Crippen LogP contribution in [0.5, 0.6) is 11.5 Å². The minimum atomic E-state index is -6.03. The van der Waals surface area contributed by atoms with Gasteiger partial charge in [0.1, 0.15) is 40.1 Å². The van der Waals surface area contributed by atoms with E-state index < -0.39 is 70.3 Å². The Morgan fingerprint density at radius 3 is 1.80 bits per heavy atom. The molecule has 2 atom stereocenters. The van der Waals surface area contributed by atoms with Gasteiger partial charge in [-0.3, -0.25) is 0 Å². The van der Waals surface area contributed by atoms with E-state index in [0.717, 1.165) is 18.6 Å². The van der Waals surface area contributed by atoms with Gasteiger partial charge in [-0.1, -0.05) is 24.3 Å². The minimum Gasteiger partial charge on any atom is -0.429 e. The first kappa shape index (κ1) is 34.9. The van der Waals surface area contributed by atoms with Crippen LogP contribution in [-0.4, -0.2) is 13.0 Å². The summed E-state index contributed by atoms with van der Waals surface area (Å²) in [4.78, 5) is 0. The fraction of sp³-hybridized carbons (Fsp3) is 0.333. The molecule has 250 valence electrons. The molecule has 0 aromatic heterocycles. The first-order chi connectivity index (χ1) is 21.3. The van der Waals surface area contributed by atoms with Gasteiger partial charge in [0, 0.05) is 24.1 Å². The van der Waals surface area contributed by atoms with Crippen molar-refractivity contribution < 1.29 is 71.6 Å². The smallest absolute Gasteiger partial charge is 0.429 e. The van der Waals surface area contributed by atoms with Crippen molar-refractivity contribution >= 4 is 0 Å². The van der Waals surface area contributed by atoms with Crippen LogP contribution in [0.4, 0.5) is 52.7 Å². The number of benzene rings is 3. The second-order valence-corrected chi connectivity index (χ2v) is 10.0. The Morgan fingerprint density at radius 1 is 0.696 bits per heavy atom. The van der Waals surface area contributed by atoms with Gasteiger partial charge < -0.3 is 14.2 Å². The fourth-order valence-electron chi connectivity index (χ4n) is 4.64. The molecule has 0 bridgehead atoms. The topological polar surface area (TPSA) is 36.9 Å². The molecule has 0 spiro atoms. The fourth-order valence-corrected chi connectivity index (χ4v) is 4.64. The van der Waals surface area contributed by atoms with Gasteiger partial charge in [0.15, 0.2) is 0 Å². The van der Waals surface area contributed by atoms with Crippen molar-refractivity contribution in [2.24, 2.45) is 5.92 Å². The van der Waals surface area contributed by atoms with Gasteiger partial charge in [-0.05, 0) is 49.6 Å². The second kappa shape index (κ2) is 13.1. The molecule has 3 aromatic carbocycles. The molecule has 3 aromatic rings. The largest absolute Gasteiger partial charge is 0.527 e. The van der Waals surface area contributed by atoms with Crippen molar-refractivity contribution in [2.75, 3.05) is 6.61 Å². The van der Waals surface area contributed by atoms with Crippen molar-refractivity contribution in [3.05, 3.63) is 106 Å². The average Bonchev–Trinajstić information content (AvgIpc) is 2.91. The third kappa shape index (κ3) is 8.26. The quantitative estimate of drug-likeness (QED) is 0.159. The normalized spacial score (nSPS) is 18.2. The van der Waals surface area contributed by atoms with Crippen LogP contribution in [0.2, 0.25) is 0 Å². The Morgan fingerprint density at radius 2 is 1.28 bits per heavy atom. The summed E-state index contributed by atoms with van der Waals surface area (Å²) in [6, 6.07) is 5.17. The van der Waals surface area contributed by atoms with E-state index in [2.05, 4.69) is 14.2 Å². The molecule has 4 rings (SSSR count). The molecule has 1 saturated heterocycles. The molecule has 0 aliphatic carbocycles. The van der Waals surface area contributed by atoms with Gasteiger partial charge in [-0.25, -0.2) is 17.9 Å². The Labute approximate surface area is 253 Å². The summed E-state index contributed by atoms with van der Waals surface area (Å²) >= 11 is 0. The number of halogens is 12. The molecule has 2 unspecified atom stereocenters.